The molecule has 6 heteroatoms. The van der Waals surface area contributed by atoms with E-state index in [4.69, 9.17) is 10.5 Å². The molecule has 130 valence electrons. The van der Waals surface area contributed by atoms with Crippen LogP contribution in [0.5, 0.6) is 0 Å². The Labute approximate surface area is 153 Å². The molecule has 0 aliphatic carbocycles. The van der Waals surface area contributed by atoms with Crippen molar-refractivity contribution in [3.63, 3.8) is 0 Å². The molecule has 2 rings (SSSR count). The lowest BCUT2D eigenvalue weighted by Gasteiger charge is -2.39. The Hall–Kier alpha value is -0.620. The van der Waals surface area contributed by atoms with Gasteiger partial charge in [0, 0.05) is 17.6 Å². The number of amides is 1. The largest absolute Gasteiger partial charge is 0.370 e. The number of hydrogen-bond acceptors (Lipinski definition) is 3. The zero-order chi connectivity index (χ0) is 16.2. The van der Waals surface area contributed by atoms with Crippen LogP contribution in [0, 0.1) is 5.41 Å². The Balaban J connectivity index is 0.00000264. The van der Waals surface area contributed by atoms with Gasteiger partial charge in [-0.2, -0.15) is 0 Å². The Morgan fingerprint density at radius 2 is 1.96 bits per heavy atom. The van der Waals surface area contributed by atoms with Gasteiger partial charge in [0.2, 0.25) is 5.91 Å². The fourth-order valence-electron chi connectivity index (χ4n) is 2.98. The number of nitrogens with zero attached hydrogens (tertiary/aromatic N) is 1. The number of morpholine rings is 1. The van der Waals surface area contributed by atoms with E-state index >= 15 is 0 Å². The van der Waals surface area contributed by atoms with Gasteiger partial charge in [-0.15, -0.1) is 12.4 Å². The van der Waals surface area contributed by atoms with Crippen LogP contribution >= 0.6 is 28.3 Å². The molecule has 23 heavy (non-hydrogen) atoms. The summed E-state index contributed by atoms with van der Waals surface area (Å²) < 4.78 is 6.90. The highest BCUT2D eigenvalue weighted by atomic mass is 79.9. The van der Waals surface area contributed by atoms with Crippen LogP contribution < -0.4 is 5.73 Å². The first kappa shape index (κ1) is 20.4. The van der Waals surface area contributed by atoms with Gasteiger partial charge in [-0.25, -0.2) is 0 Å². The smallest absolute Gasteiger partial charge is 0.230 e. The number of benzene rings is 1. The van der Waals surface area contributed by atoms with Crippen LogP contribution in [0.4, 0.5) is 0 Å². The Bertz CT molecular complexity index is 498. The first-order valence-electron chi connectivity index (χ1n) is 7.92. The number of carbonyl (C=O) groups excluding carboxylic acids is 1. The van der Waals surface area contributed by atoms with Gasteiger partial charge in [-0.1, -0.05) is 41.9 Å². The van der Waals surface area contributed by atoms with Crippen molar-refractivity contribution in [2.45, 2.75) is 32.8 Å². The van der Waals surface area contributed by atoms with Crippen molar-refractivity contribution in [2.24, 2.45) is 11.1 Å². The van der Waals surface area contributed by atoms with Crippen LogP contribution in [-0.4, -0.2) is 37.0 Å². The Morgan fingerprint density at radius 1 is 1.35 bits per heavy atom. The predicted molar refractivity (Wildman–Crippen MR) is 98.7 cm³/mol. The fraction of sp³-hybridized carbons (Fsp3) is 0.588. The average molecular weight is 406 g/mol. The number of hydrogen-bond donors (Lipinski definition) is 1. The SMILES string of the molecule is CCC(CC)(CN)C(=O)N1CCOC(c2ccc(Br)cc2)C1.Cl. The van der Waals surface area contributed by atoms with Gasteiger partial charge < -0.3 is 15.4 Å². The van der Waals surface area contributed by atoms with Crippen molar-refractivity contribution in [2.75, 3.05) is 26.2 Å². The van der Waals surface area contributed by atoms with Crippen LogP contribution in [-0.2, 0) is 9.53 Å². The van der Waals surface area contributed by atoms with Crippen molar-refractivity contribution < 1.29 is 9.53 Å². The first-order chi connectivity index (χ1) is 10.6. The zero-order valence-electron chi connectivity index (χ0n) is 13.8. The second-order valence-corrected chi connectivity index (χ2v) is 6.77. The lowest BCUT2D eigenvalue weighted by Crippen LogP contribution is -2.51. The maximum atomic E-state index is 12.9. The monoisotopic (exact) mass is 404 g/mol. The topological polar surface area (TPSA) is 55.6 Å². The minimum atomic E-state index is -0.429. The van der Waals surface area contributed by atoms with E-state index in [2.05, 4.69) is 15.9 Å². The lowest BCUT2D eigenvalue weighted by molar-refractivity contribution is -0.150. The van der Waals surface area contributed by atoms with E-state index in [1.54, 1.807) is 0 Å². The maximum Gasteiger partial charge on any atom is 0.230 e. The van der Waals surface area contributed by atoms with Crippen molar-refractivity contribution in [3.05, 3.63) is 34.3 Å². The molecule has 4 nitrogen and oxygen atoms in total. The van der Waals surface area contributed by atoms with Crippen LogP contribution in [0.15, 0.2) is 28.7 Å². The molecule has 1 atom stereocenters. The molecule has 1 saturated heterocycles. The number of halogens is 2. The molecule has 1 aliphatic rings. The summed E-state index contributed by atoms with van der Waals surface area (Å²) in [5.41, 5.74) is 6.59. The normalized spacial score (nSPS) is 18.4. The molecule has 0 spiro atoms. The molecule has 1 heterocycles. The van der Waals surface area contributed by atoms with Crippen LogP contribution in [0.1, 0.15) is 38.4 Å². The second-order valence-electron chi connectivity index (χ2n) is 5.85. The molecule has 1 aromatic carbocycles. The molecule has 2 N–H and O–H groups in total. The number of ether oxygens (including phenoxy) is 1. The van der Waals surface area contributed by atoms with Gasteiger partial charge in [0.1, 0.15) is 6.10 Å². The van der Waals surface area contributed by atoms with Crippen molar-refractivity contribution in [1.29, 1.82) is 0 Å². The number of rotatable bonds is 5. The summed E-state index contributed by atoms with van der Waals surface area (Å²) in [5.74, 6) is 0.172. The van der Waals surface area contributed by atoms with Gasteiger partial charge in [-0.3, -0.25) is 4.79 Å². The summed E-state index contributed by atoms with van der Waals surface area (Å²) in [7, 11) is 0. The van der Waals surface area contributed by atoms with Gasteiger partial charge >= 0.3 is 0 Å². The summed E-state index contributed by atoms with van der Waals surface area (Å²) in [6.07, 6.45) is 1.49. The number of carbonyl (C=O) groups is 1. The van der Waals surface area contributed by atoms with E-state index in [1.165, 1.54) is 0 Å². The number of nitrogens with two attached hydrogens (primary N) is 1. The van der Waals surface area contributed by atoms with Gasteiger partial charge in [0.05, 0.1) is 18.6 Å². The van der Waals surface area contributed by atoms with E-state index in [0.717, 1.165) is 22.9 Å². The van der Waals surface area contributed by atoms with Crippen LogP contribution in [0.2, 0.25) is 0 Å². The summed E-state index contributed by atoms with van der Waals surface area (Å²) >= 11 is 3.44. The van der Waals surface area contributed by atoms with E-state index in [-0.39, 0.29) is 24.4 Å². The highest BCUT2D eigenvalue weighted by molar-refractivity contribution is 9.10. The average Bonchev–Trinajstić information content (AvgIpc) is 2.57. The van der Waals surface area contributed by atoms with E-state index < -0.39 is 5.41 Å². The summed E-state index contributed by atoms with van der Waals surface area (Å²) in [5, 5.41) is 0. The molecule has 1 fully saturated rings. The third-order valence-corrected chi connectivity index (χ3v) is 5.32. The van der Waals surface area contributed by atoms with Crippen molar-refractivity contribution in [1.82, 2.24) is 4.90 Å². The molecule has 1 aliphatic heterocycles. The standard InChI is InChI=1S/C17H25BrN2O2.ClH/c1-3-17(4-2,12-19)16(21)20-9-10-22-15(11-20)13-5-7-14(18)8-6-13;/h5-8,15H,3-4,9-12,19H2,1-2H3;1H. The molecule has 1 amide bonds. The zero-order valence-corrected chi connectivity index (χ0v) is 16.2. The highest BCUT2D eigenvalue weighted by Crippen LogP contribution is 2.31. The van der Waals surface area contributed by atoms with Gasteiger partial charge in [-0.05, 0) is 30.5 Å². The molecule has 0 bridgehead atoms. The molecular formula is C17H26BrClN2O2. The summed E-state index contributed by atoms with van der Waals surface area (Å²) in [6.45, 7) is 6.30. The lowest BCUT2D eigenvalue weighted by atomic mass is 9.80. The molecule has 0 aromatic heterocycles. The predicted octanol–water partition coefficient (Wildman–Crippen LogP) is 3.54. The maximum absolute atomic E-state index is 12.9. The highest BCUT2D eigenvalue weighted by Gasteiger charge is 2.38. The minimum Gasteiger partial charge on any atom is -0.370 e. The van der Waals surface area contributed by atoms with E-state index in [0.29, 0.717) is 26.2 Å². The molecule has 0 radical (unpaired) electrons. The molecule has 1 aromatic rings. The summed E-state index contributed by atoms with van der Waals surface area (Å²) in [6, 6.07) is 8.08. The van der Waals surface area contributed by atoms with Crippen LogP contribution in [0.3, 0.4) is 0 Å². The molecule has 1 unspecified atom stereocenters. The Morgan fingerprint density at radius 3 is 2.48 bits per heavy atom. The van der Waals surface area contributed by atoms with Crippen molar-refractivity contribution in [3.8, 4) is 0 Å². The third kappa shape index (κ3) is 4.47. The van der Waals surface area contributed by atoms with Crippen molar-refractivity contribution >= 4 is 34.2 Å². The van der Waals surface area contributed by atoms with E-state index in [9.17, 15) is 4.79 Å². The fourth-order valence-corrected chi connectivity index (χ4v) is 3.24. The molecule has 0 saturated carbocycles. The van der Waals surface area contributed by atoms with Gasteiger partial charge in [0.25, 0.3) is 0 Å². The van der Waals surface area contributed by atoms with Crippen LogP contribution in [0.25, 0.3) is 0 Å². The Kier molecular flexibility index (Phi) is 8.01. The quantitative estimate of drug-likeness (QED) is 0.815. The third-order valence-electron chi connectivity index (χ3n) is 4.79. The second kappa shape index (κ2) is 9.02. The van der Waals surface area contributed by atoms with Gasteiger partial charge in [0.15, 0.2) is 0 Å². The first-order valence-corrected chi connectivity index (χ1v) is 8.72. The minimum absolute atomic E-state index is 0. The molecular weight excluding hydrogens is 380 g/mol. The van der Waals surface area contributed by atoms with E-state index in [1.807, 2.05) is 43.0 Å². The summed E-state index contributed by atoms with van der Waals surface area (Å²) in [4.78, 5) is 14.9.